The average molecular weight is 488 g/mol. The molecule has 138 valence electrons. The number of aryl methyl sites for hydroxylation is 3. The van der Waals surface area contributed by atoms with Gasteiger partial charge >= 0.3 is 0 Å². The highest BCUT2D eigenvalue weighted by Crippen LogP contribution is 2.44. The number of benzene rings is 1. The predicted octanol–water partition coefficient (Wildman–Crippen LogP) is 5.12. The molecule has 1 fully saturated rings. The van der Waals surface area contributed by atoms with E-state index in [9.17, 15) is 0 Å². The van der Waals surface area contributed by atoms with Crippen molar-refractivity contribution in [2.75, 3.05) is 4.90 Å². The molecule has 1 aliphatic heterocycles. The number of aromatic nitrogens is 2. The Balaban J connectivity index is 1.89. The molecule has 2 atom stereocenters. The van der Waals surface area contributed by atoms with Crippen molar-refractivity contribution in [1.29, 1.82) is 0 Å². The second-order valence-corrected chi connectivity index (χ2v) is 8.40. The third kappa shape index (κ3) is 3.25. The molecule has 1 aliphatic rings. The molecule has 2 aromatic heterocycles. The van der Waals surface area contributed by atoms with Gasteiger partial charge in [0.2, 0.25) is 0 Å². The van der Waals surface area contributed by atoms with Crippen LogP contribution in [0.25, 0.3) is 0 Å². The van der Waals surface area contributed by atoms with Crippen molar-refractivity contribution >= 4 is 45.6 Å². The first kappa shape index (κ1) is 18.4. The second kappa shape index (κ2) is 7.24. The van der Waals surface area contributed by atoms with Crippen LogP contribution >= 0.6 is 34.8 Å². The smallest absolute Gasteiger partial charge is 0.174 e. The monoisotopic (exact) mass is 488 g/mol. The molecule has 0 aliphatic carbocycles. The zero-order valence-electron chi connectivity index (χ0n) is 15.5. The lowest BCUT2D eigenvalue weighted by Crippen LogP contribution is -2.29. The largest absolute Gasteiger partial charge is 0.362 e. The van der Waals surface area contributed by atoms with E-state index in [1.54, 1.807) is 0 Å². The first-order chi connectivity index (χ1) is 13.0. The fourth-order valence-corrected chi connectivity index (χ4v) is 4.96. The number of nitrogens with one attached hydrogen (secondary N) is 2. The van der Waals surface area contributed by atoms with E-state index in [-0.39, 0.29) is 12.1 Å². The van der Waals surface area contributed by atoms with Crippen molar-refractivity contribution < 1.29 is 0 Å². The number of anilines is 1. The average Bonchev–Trinajstić information content (AvgIpc) is 3.12. The van der Waals surface area contributed by atoms with Gasteiger partial charge in [-0.3, -0.25) is 4.98 Å². The minimum Gasteiger partial charge on any atom is -0.362 e. The van der Waals surface area contributed by atoms with Crippen LogP contribution in [0.15, 0.2) is 48.7 Å². The third-order valence-corrected chi connectivity index (χ3v) is 6.76. The van der Waals surface area contributed by atoms with Gasteiger partial charge in [0, 0.05) is 32.4 Å². The molecular formula is C21H21IN4S. The van der Waals surface area contributed by atoms with Crippen LogP contribution in [-0.4, -0.2) is 15.1 Å². The van der Waals surface area contributed by atoms with Crippen LogP contribution in [0, 0.1) is 24.3 Å². The Morgan fingerprint density at radius 2 is 1.78 bits per heavy atom. The quantitative estimate of drug-likeness (QED) is 0.397. The Morgan fingerprint density at radius 1 is 1.04 bits per heavy atom. The minimum absolute atomic E-state index is 0.0116. The fourth-order valence-electron chi connectivity index (χ4n) is 3.75. The van der Waals surface area contributed by atoms with Crippen molar-refractivity contribution in [3.63, 3.8) is 0 Å². The summed E-state index contributed by atoms with van der Waals surface area (Å²) in [4.78, 5) is 10.3. The molecule has 0 unspecified atom stereocenters. The Kier molecular flexibility index (Phi) is 4.94. The van der Waals surface area contributed by atoms with Gasteiger partial charge in [-0.1, -0.05) is 23.8 Å². The molecule has 27 heavy (non-hydrogen) atoms. The number of hydrogen-bond acceptors (Lipinski definition) is 2. The summed E-state index contributed by atoms with van der Waals surface area (Å²) in [6.07, 6.45) is 1.84. The number of halogens is 1. The third-order valence-electron chi connectivity index (χ3n) is 5.05. The lowest BCUT2D eigenvalue weighted by molar-refractivity contribution is 0.564. The maximum atomic E-state index is 5.78. The van der Waals surface area contributed by atoms with Gasteiger partial charge < -0.3 is 15.2 Å². The van der Waals surface area contributed by atoms with Crippen molar-refractivity contribution in [2.24, 2.45) is 0 Å². The SMILES string of the molecule is Cc1ccc(N2C(=S)N[C@H](c3ccccn3)[C@@H]2c2c(C)[nH]c(C)c2I)cc1. The molecule has 3 aromatic rings. The second-order valence-electron chi connectivity index (χ2n) is 6.93. The first-order valence-electron chi connectivity index (χ1n) is 8.89. The van der Waals surface area contributed by atoms with Crippen LogP contribution in [0.5, 0.6) is 0 Å². The van der Waals surface area contributed by atoms with E-state index in [0.29, 0.717) is 0 Å². The van der Waals surface area contributed by atoms with Crippen LogP contribution in [0.3, 0.4) is 0 Å². The predicted molar refractivity (Wildman–Crippen MR) is 122 cm³/mol. The lowest BCUT2D eigenvalue weighted by Gasteiger charge is -2.28. The summed E-state index contributed by atoms with van der Waals surface area (Å²) in [7, 11) is 0. The van der Waals surface area contributed by atoms with Gasteiger partial charge in [-0.2, -0.15) is 0 Å². The van der Waals surface area contributed by atoms with Crippen molar-refractivity contribution in [3.8, 4) is 0 Å². The summed E-state index contributed by atoms with van der Waals surface area (Å²) in [6, 6.07) is 14.6. The van der Waals surface area contributed by atoms with Gasteiger partial charge in [-0.15, -0.1) is 0 Å². The van der Waals surface area contributed by atoms with E-state index < -0.39 is 0 Å². The molecule has 0 bridgehead atoms. The Labute approximate surface area is 178 Å². The minimum atomic E-state index is -0.0116. The Morgan fingerprint density at radius 3 is 2.37 bits per heavy atom. The lowest BCUT2D eigenvalue weighted by atomic mass is 9.96. The summed E-state index contributed by atoms with van der Waals surface area (Å²) in [6.45, 7) is 6.35. The van der Waals surface area contributed by atoms with Gasteiger partial charge in [-0.25, -0.2) is 0 Å². The molecule has 0 radical (unpaired) electrons. The van der Waals surface area contributed by atoms with Gasteiger partial charge in [-0.05, 0) is 79.8 Å². The topological polar surface area (TPSA) is 44.0 Å². The molecule has 4 rings (SSSR count). The number of thiocarbonyl (C=S) groups is 1. The van der Waals surface area contributed by atoms with E-state index in [4.69, 9.17) is 12.2 Å². The molecule has 6 heteroatoms. The summed E-state index contributed by atoms with van der Waals surface area (Å²) in [5.41, 5.74) is 6.95. The van der Waals surface area contributed by atoms with Crippen molar-refractivity contribution in [1.82, 2.24) is 15.3 Å². The number of H-pyrrole nitrogens is 1. The van der Waals surface area contributed by atoms with E-state index in [2.05, 4.69) is 93.9 Å². The molecule has 0 amide bonds. The molecule has 0 spiro atoms. The van der Waals surface area contributed by atoms with Crippen molar-refractivity contribution in [2.45, 2.75) is 32.9 Å². The number of aromatic amines is 1. The highest BCUT2D eigenvalue weighted by atomic mass is 127. The van der Waals surface area contributed by atoms with E-state index in [1.165, 1.54) is 26.1 Å². The molecule has 1 aromatic carbocycles. The number of rotatable bonds is 3. The summed E-state index contributed by atoms with van der Waals surface area (Å²) in [5.74, 6) is 0. The van der Waals surface area contributed by atoms with Crippen molar-refractivity contribution in [3.05, 3.63) is 80.4 Å². The van der Waals surface area contributed by atoms with E-state index in [0.717, 1.165) is 16.5 Å². The maximum Gasteiger partial charge on any atom is 0.174 e. The molecule has 4 nitrogen and oxygen atoms in total. The summed E-state index contributed by atoms with van der Waals surface area (Å²) < 4.78 is 1.25. The maximum absolute atomic E-state index is 5.78. The van der Waals surface area contributed by atoms with Gasteiger partial charge in [0.1, 0.15) is 0 Å². The highest BCUT2D eigenvalue weighted by molar-refractivity contribution is 14.1. The van der Waals surface area contributed by atoms with Crippen LogP contribution in [0.4, 0.5) is 5.69 Å². The zero-order chi connectivity index (χ0) is 19.1. The van der Waals surface area contributed by atoms with Gasteiger partial charge in [0.25, 0.3) is 0 Å². The summed E-state index contributed by atoms with van der Waals surface area (Å²) in [5, 5.41) is 4.25. The summed E-state index contributed by atoms with van der Waals surface area (Å²) >= 11 is 8.21. The molecule has 0 saturated carbocycles. The Hall–Kier alpha value is -1.93. The zero-order valence-corrected chi connectivity index (χ0v) is 18.4. The van der Waals surface area contributed by atoms with Crippen LogP contribution < -0.4 is 10.2 Å². The van der Waals surface area contributed by atoms with E-state index >= 15 is 0 Å². The van der Waals surface area contributed by atoms with Crippen LogP contribution in [-0.2, 0) is 0 Å². The number of hydrogen-bond donors (Lipinski definition) is 2. The normalized spacial score (nSPS) is 19.4. The fraction of sp³-hybridized carbons (Fsp3) is 0.238. The van der Waals surface area contributed by atoms with Gasteiger partial charge in [0.05, 0.1) is 17.8 Å². The standard InChI is InChI=1S/C21H21IN4S/c1-12-7-9-15(10-8-12)26-20(17-13(2)24-14(3)18(17)22)19(25-21(26)27)16-6-4-5-11-23-16/h4-11,19-20,24H,1-3H3,(H,25,27)/t19-,20+/m1/s1. The van der Waals surface area contributed by atoms with E-state index in [1.807, 2.05) is 18.3 Å². The van der Waals surface area contributed by atoms with Crippen LogP contribution in [0.2, 0.25) is 0 Å². The molecule has 2 N–H and O–H groups in total. The highest BCUT2D eigenvalue weighted by Gasteiger charge is 2.42. The Bertz CT molecular complexity index is 981. The van der Waals surface area contributed by atoms with Crippen LogP contribution in [0.1, 0.15) is 40.3 Å². The number of pyridine rings is 1. The molecule has 3 heterocycles. The number of nitrogens with zero attached hydrogens (tertiary/aromatic N) is 2. The molecule has 1 saturated heterocycles. The molecular weight excluding hydrogens is 467 g/mol. The first-order valence-corrected chi connectivity index (χ1v) is 10.4. The van der Waals surface area contributed by atoms with Gasteiger partial charge in [0.15, 0.2) is 5.11 Å².